The smallest absolute Gasteiger partial charge is 0.408 e. The largest absolute Gasteiger partial charge is 0.419 e. The first-order valence-corrected chi connectivity index (χ1v) is 8.51. The number of oxazole rings is 1. The van der Waals surface area contributed by atoms with Crippen molar-refractivity contribution < 1.29 is 9.15 Å². The first-order valence-electron chi connectivity index (χ1n) is 7.63. The summed E-state index contributed by atoms with van der Waals surface area (Å²) in [6, 6.07) is 7.52. The Balaban J connectivity index is 1.46. The molecule has 4 rings (SSSR count). The minimum atomic E-state index is -0.295. The fourth-order valence-electron chi connectivity index (χ4n) is 2.92. The molecule has 1 saturated heterocycles. The zero-order chi connectivity index (χ0) is 15.6. The number of para-hydroxylation sites is 2. The van der Waals surface area contributed by atoms with Gasteiger partial charge in [-0.1, -0.05) is 12.1 Å². The van der Waals surface area contributed by atoms with Crippen LogP contribution in [-0.2, 0) is 11.3 Å². The van der Waals surface area contributed by atoms with Crippen LogP contribution < -0.4 is 5.76 Å². The molecule has 0 unspecified atom stereocenters. The van der Waals surface area contributed by atoms with Gasteiger partial charge in [0.25, 0.3) is 0 Å². The van der Waals surface area contributed by atoms with Gasteiger partial charge in [-0.15, -0.1) is 11.3 Å². The summed E-state index contributed by atoms with van der Waals surface area (Å²) in [5, 5.41) is 2.98. The topological polar surface area (TPSA) is 60.5 Å². The summed E-state index contributed by atoms with van der Waals surface area (Å²) in [6.07, 6.45) is 1.83. The molecule has 3 aromatic rings. The number of nitrogens with zero attached hydrogens (tertiary/aromatic N) is 3. The molecule has 3 heterocycles. The van der Waals surface area contributed by atoms with Gasteiger partial charge in [-0.05, 0) is 12.1 Å². The Labute approximate surface area is 136 Å². The molecule has 1 atom stereocenters. The van der Waals surface area contributed by atoms with Gasteiger partial charge in [0.2, 0.25) is 0 Å². The monoisotopic (exact) mass is 331 g/mol. The quantitative estimate of drug-likeness (QED) is 0.733. The van der Waals surface area contributed by atoms with Crippen LogP contribution in [0.2, 0.25) is 0 Å². The van der Waals surface area contributed by atoms with Gasteiger partial charge in [-0.25, -0.2) is 9.78 Å². The Hall–Kier alpha value is -1.96. The molecule has 1 aromatic carbocycles. The Morgan fingerprint density at radius 3 is 3.09 bits per heavy atom. The highest BCUT2D eigenvalue weighted by Crippen LogP contribution is 2.23. The second-order valence-electron chi connectivity index (χ2n) is 5.52. The minimum absolute atomic E-state index is 0.0292. The fourth-order valence-corrected chi connectivity index (χ4v) is 3.59. The average Bonchev–Trinajstić information content (AvgIpc) is 3.21. The van der Waals surface area contributed by atoms with E-state index in [2.05, 4.69) is 9.88 Å². The summed E-state index contributed by atoms with van der Waals surface area (Å²) in [7, 11) is 0. The third-order valence-corrected chi connectivity index (χ3v) is 4.96. The number of hydrogen-bond donors (Lipinski definition) is 0. The number of ether oxygens (including phenoxy) is 1. The summed E-state index contributed by atoms with van der Waals surface area (Å²) < 4.78 is 12.8. The zero-order valence-corrected chi connectivity index (χ0v) is 13.4. The zero-order valence-electron chi connectivity index (χ0n) is 12.6. The fraction of sp³-hybridized carbons (Fsp3) is 0.375. The number of morpholine rings is 1. The first kappa shape index (κ1) is 14.6. The summed E-state index contributed by atoms with van der Waals surface area (Å²) >= 11 is 1.62. The average molecular weight is 331 g/mol. The lowest BCUT2D eigenvalue weighted by atomic mass is 10.2. The van der Waals surface area contributed by atoms with Crippen molar-refractivity contribution >= 4 is 22.4 Å². The van der Waals surface area contributed by atoms with E-state index in [1.165, 1.54) is 0 Å². The van der Waals surface area contributed by atoms with E-state index in [9.17, 15) is 4.79 Å². The molecule has 1 aliphatic rings. The van der Waals surface area contributed by atoms with Gasteiger partial charge in [0.15, 0.2) is 5.58 Å². The van der Waals surface area contributed by atoms with E-state index in [-0.39, 0.29) is 11.9 Å². The van der Waals surface area contributed by atoms with Crippen molar-refractivity contribution in [3.8, 4) is 0 Å². The first-order chi connectivity index (χ1) is 11.3. The predicted octanol–water partition coefficient (Wildman–Crippen LogP) is 2.12. The third-order valence-electron chi connectivity index (χ3n) is 4.09. The van der Waals surface area contributed by atoms with E-state index in [0.29, 0.717) is 18.7 Å². The normalized spacial score (nSPS) is 19.4. The lowest BCUT2D eigenvalue weighted by molar-refractivity contribution is -0.0309. The molecule has 1 fully saturated rings. The van der Waals surface area contributed by atoms with Crippen molar-refractivity contribution in [1.82, 2.24) is 14.5 Å². The molecule has 0 saturated carbocycles. The van der Waals surface area contributed by atoms with Crippen molar-refractivity contribution in [2.24, 2.45) is 0 Å². The van der Waals surface area contributed by atoms with Crippen molar-refractivity contribution in [1.29, 1.82) is 0 Å². The highest BCUT2D eigenvalue weighted by Gasteiger charge is 2.23. The molecular formula is C16H17N3O3S. The van der Waals surface area contributed by atoms with Crippen molar-refractivity contribution in [2.75, 3.05) is 26.2 Å². The number of benzene rings is 1. The summed E-state index contributed by atoms with van der Waals surface area (Å²) in [4.78, 5) is 18.7. The highest BCUT2D eigenvalue weighted by molar-refractivity contribution is 7.09. The van der Waals surface area contributed by atoms with Crippen molar-refractivity contribution in [2.45, 2.75) is 12.6 Å². The third kappa shape index (κ3) is 2.95. The molecule has 6 nitrogen and oxygen atoms in total. The maximum Gasteiger partial charge on any atom is 0.419 e. The van der Waals surface area contributed by atoms with Crippen LogP contribution in [-0.4, -0.2) is 40.7 Å². The van der Waals surface area contributed by atoms with E-state index in [0.717, 1.165) is 30.2 Å². The molecule has 7 heteroatoms. The molecule has 23 heavy (non-hydrogen) atoms. The van der Waals surface area contributed by atoms with Crippen LogP contribution in [0.5, 0.6) is 0 Å². The molecular weight excluding hydrogens is 314 g/mol. The maximum absolute atomic E-state index is 12.0. The Morgan fingerprint density at radius 1 is 1.30 bits per heavy atom. The Bertz CT molecular complexity index is 840. The Kier molecular flexibility index (Phi) is 3.99. The summed E-state index contributed by atoms with van der Waals surface area (Å²) in [6.45, 7) is 3.75. The van der Waals surface area contributed by atoms with E-state index < -0.39 is 0 Å². The van der Waals surface area contributed by atoms with Gasteiger partial charge in [0, 0.05) is 37.8 Å². The highest BCUT2D eigenvalue weighted by atomic mass is 32.1. The number of thiazole rings is 1. The van der Waals surface area contributed by atoms with Crippen LogP contribution in [0.1, 0.15) is 11.1 Å². The molecule has 2 aromatic heterocycles. The second-order valence-corrected chi connectivity index (χ2v) is 6.44. The van der Waals surface area contributed by atoms with Crippen LogP contribution in [0.15, 0.2) is 45.1 Å². The van der Waals surface area contributed by atoms with Gasteiger partial charge in [0.05, 0.1) is 12.1 Å². The number of fused-ring (bicyclic) bond motifs is 1. The molecule has 0 amide bonds. The van der Waals surface area contributed by atoms with Gasteiger partial charge in [-0.2, -0.15) is 0 Å². The van der Waals surface area contributed by atoms with Gasteiger partial charge >= 0.3 is 5.76 Å². The van der Waals surface area contributed by atoms with Gasteiger partial charge in [0.1, 0.15) is 11.1 Å². The molecule has 0 N–H and O–H groups in total. The summed E-state index contributed by atoms with van der Waals surface area (Å²) in [5.41, 5.74) is 1.49. The maximum atomic E-state index is 12.0. The SMILES string of the molecule is O=c1oc2ccccc2n1CCN1CCO[C@@H](c2nccs2)C1. The van der Waals surface area contributed by atoms with Crippen LogP contribution in [0, 0.1) is 0 Å². The molecule has 120 valence electrons. The minimum Gasteiger partial charge on any atom is -0.408 e. The lowest BCUT2D eigenvalue weighted by Gasteiger charge is -2.31. The van der Waals surface area contributed by atoms with E-state index in [4.69, 9.17) is 9.15 Å². The van der Waals surface area contributed by atoms with Gasteiger partial charge in [-0.3, -0.25) is 9.47 Å². The predicted molar refractivity (Wildman–Crippen MR) is 87.7 cm³/mol. The molecule has 0 radical (unpaired) electrons. The molecule has 0 bridgehead atoms. The van der Waals surface area contributed by atoms with Crippen molar-refractivity contribution in [3.63, 3.8) is 0 Å². The molecule has 1 aliphatic heterocycles. The van der Waals surface area contributed by atoms with Gasteiger partial charge < -0.3 is 9.15 Å². The van der Waals surface area contributed by atoms with Crippen LogP contribution in [0.3, 0.4) is 0 Å². The summed E-state index contributed by atoms with van der Waals surface area (Å²) in [5.74, 6) is -0.295. The van der Waals surface area contributed by atoms with E-state index in [1.54, 1.807) is 22.1 Å². The second kappa shape index (κ2) is 6.27. The van der Waals surface area contributed by atoms with E-state index in [1.807, 2.05) is 29.6 Å². The number of aromatic nitrogens is 2. The molecule has 0 aliphatic carbocycles. The van der Waals surface area contributed by atoms with E-state index >= 15 is 0 Å². The number of rotatable bonds is 4. The Morgan fingerprint density at radius 2 is 2.22 bits per heavy atom. The van der Waals surface area contributed by atoms with Crippen LogP contribution in [0.25, 0.3) is 11.1 Å². The van der Waals surface area contributed by atoms with Crippen LogP contribution >= 0.6 is 11.3 Å². The van der Waals surface area contributed by atoms with Crippen LogP contribution in [0.4, 0.5) is 0 Å². The standard InChI is InChI=1S/C16H17N3O3S/c20-16-19(12-3-1-2-4-13(12)22-16)7-6-18-8-9-21-14(11-18)15-17-5-10-23-15/h1-5,10,14H,6-9,11H2/t14-/m1/s1. The van der Waals surface area contributed by atoms with Crippen molar-refractivity contribution in [3.05, 3.63) is 51.4 Å². The molecule has 0 spiro atoms. The number of hydrogen-bond acceptors (Lipinski definition) is 6. The lowest BCUT2D eigenvalue weighted by Crippen LogP contribution is -2.40.